The van der Waals surface area contributed by atoms with Gasteiger partial charge in [0.05, 0.1) is 16.4 Å². The third-order valence-electron chi connectivity index (χ3n) is 1.94. The molecule has 0 aliphatic rings. The molecule has 0 radical (unpaired) electrons. The monoisotopic (exact) mass is 216 g/mol. The molecular weight excluding hydrogens is 203 g/mol. The van der Waals surface area contributed by atoms with Gasteiger partial charge in [0, 0.05) is 12.6 Å². The molecule has 1 aromatic carbocycles. The van der Waals surface area contributed by atoms with Crippen molar-refractivity contribution in [3.8, 4) is 0 Å². The fourth-order valence-electron chi connectivity index (χ4n) is 1.12. The first-order chi connectivity index (χ1) is 6.65. The molecule has 0 aliphatic carbocycles. The lowest BCUT2D eigenvalue weighted by Gasteiger charge is -2.09. The Morgan fingerprint density at radius 2 is 2.21 bits per heavy atom. The Morgan fingerprint density at radius 1 is 1.50 bits per heavy atom. The average molecular weight is 217 g/mol. The van der Waals surface area contributed by atoms with Gasteiger partial charge in [-0.2, -0.15) is 0 Å². The topological polar surface area (TPSA) is 38.0 Å². The van der Waals surface area contributed by atoms with Crippen LogP contribution in [-0.4, -0.2) is 6.54 Å². The highest BCUT2D eigenvalue weighted by atomic mass is 35.5. The van der Waals surface area contributed by atoms with E-state index < -0.39 is 5.82 Å². The van der Waals surface area contributed by atoms with Crippen molar-refractivity contribution in [2.45, 2.75) is 19.8 Å². The molecular formula is C10H14ClFN2. The van der Waals surface area contributed by atoms with E-state index in [-0.39, 0.29) is 5.02 Å². The van der Waals surface area contributed by atoms with Crippen molar-refractivity contribution in [2.75, 3.05) is 17.6 Å². The molecule has 1 rings (SSSR count). The number of halogens is 2. The molecule has 0 bridgehead atoms. The lowest BCUT2D eigenvalue weighted by atomic mass is 10.2. The summed E-state index contributed by atoms with van der Waals surface area (Å²) in [6.45, 7) is 2.88. The number of unbranched alkanes of at least 4 members (excludes halogenated alkanes) is 1. The Balaban J connectivity index is 2.72. The van der Waals surface area contributed by atoms with Crippen LogP contribution in [-0.2, 0) is 0 Å². The van der Waals surface area contributed by atoms with Crippen LogP contribution >= 0.6 is 11.6 Å². The summed E-state index contributed by atoms with van der Waals surface area (Å²) in [5.74, 6) is -0.445. The molecule has 14 heavy (non-hydrogen) atoms. The van der Waals surface area contributed by atoms with Crippen LogP contribution in [0.4, 0.5) is 15.8 Å². The van der Waals surface area contributed by atoms with E-state index >= 15 is 0 Å². The van der Waals surface area contributed by atoms with E-state index in [1.54, 1.807) is 0 Å². The predicted molar refractivity (Wildman–Crippen MR) is 59.2 cm³/mol. The second-order valence-corrected chi connectivity index (χ2v) is 3.54. The van der Waals surface area contributed by atoms with Crippen LogP contribution in [0.3, 0.4) is 0 Å². The van der Waals surface area contributed by atoms with Crippen LogP contribution in [0.2, 0.25) is 5.02 Å². The Labute approximate surface area is 88.2 Å². The van der Waals surface area contributed by atoms with E-state index in [2.05, 4.69) is 12.2 Å². The van der Waals surface area contributed by atoms with E-state index in [4.69, 9.17) is 17.3 Å². The quantitative estimate of drug-likeness (QED) is 0.599. The molecule has 0 atom stereocenters. The third kappa shape index (κ3) is 2.77. The zero-order valence-corrected chi connectivity index (χ0v) is 8.87. The van der Waals surface area contributed by atoms with E-state index in [1.165, 1.54) is 12.1 Å². The van der Waals surface area contributed by atoms with Crippen molar-refractivity contribution in [1.82, 2.24) is 0 Å². The van der Waals surface area contributed by atoms with Crippen LogP contribution in [0.5, 0.6) is 0 Å². The molecule has 78 valence electrons. The molecule has 0 saturated heterocycles. The van der Waals surface area contributed by atoms with Gasteiger partial charge in [-0.1, -0.05) is 24.9 Å². The third-order valence-corrected chi connectivity index (χ3v) is 2.23. The van der Waals surface area contributed by atoms with Gasteiger partial charge in [-0.05, 0) is 12.5 Å². The minimum atomic E-state index is -0.445. The Morgan fingerprint density at radius 3 is 2.86 bits per heavy atom. The Hall–Kier alpha value is -0.960. The van der Waals surface area contributed by atoms with Crippen LogP contribution < -0.4 is 11.1 Å². The predicted octanol–water partition coefficient (Wildman–Crippen LogP) is 3.27. The molecule has 1 aromatic rings. The minimum Gasteiger partial charge on any atom is -0.397 e. The molecule has 0 saturated carbocycles. The molecule has 0 heterocycles. The molecule has 2 nitrogen and oxygen atoms in total. The number of rotatable bonds is 4. The van der Waals surface area contributed by atoms with Gasteiger partial charge in [0.15, 0.2) is 0 Å². The van der Waals surface area contributed by atoms with Crippen LogP contribution in [0.1, 0.15) is 19.8 Å². The van der Waals surface area contributed by atoms with Gasteiger partial charge < -0.3 is 11.1 Å². The highest BCUT2D eigenvalue weighted by molar-refractivity contribution is 6.31. The van der Waals surface area contributed by atoms with Gasteiger partial charge in [-0.25, -0.2) is 4.39 Å². The normalized spacial score (nSPS) is 10.2. The molecule has 0 aromatic heterocycles. The Bertz CT molecular complexity index is 315. The van der Waals surface area contributed by atoms with Crippen LogP contribution in [0.15, 0.2) is 12.1 Å². The number of hydrogen-bond acceptors (Lipinski definition) is 2. The molecule has 0 spiro atoms. The SMILES string of the molecule is CCCCNc1cc(F)c(Cl)cc1N. The Kier molecular flexibility index (Phi) is 4.01. The van der Waals surface area contributed by atoms with Crippen molar-refractivity contribution < 1.29 is 4.39 Å². The maximum Gasteiger partial charge on any atom is 0.143 e. The molecule has 0 aliphatic heterocycles. The number of hydrogen-bond donors (Lipinski definition) is 2. The maximum atomic E-state index is 13.0. The number of nitrogens with two attached hydrogens (primary N) is 1. The summed E-state index contributed by atoms with van der Waals surface area (Å²) >= 11 is 5.56. The lowest BCUT2D eigenvalue weighted by molar-refractivity contribution is 0.629. The summed E-state index contributed by atoms with van der Waals surface area (Å²) in [6.07, 6.45) is 2.12. The fourth-order valence-corrected chi connectivity index (χ4v) is 1.29. The fraction of sp³-hybridized carbons (Fsp3) is 0.400. The van der Waals surface area contributed by atoms with E-state index in [1.807, 2.05) is 0 Å². The van der Waals surface area contributed by atoms with Gasteiger partial charge in [-0.15, -0.1) is 0 Å². The summed E-state index contributed by atoms with van der Waals surface area (Å²) in [4.78, 5) is 0. The van der Waals surface area contributed by atoms with Crippen molar-refractivity contribution in [3.63, 3.8) is 0 Å². The number of benzene rings is 1. The van der Waals surface area contributed by atoms with Crippen molar-refractivity contribution in [2.24, 2.45) is 0 Å². The summed E-state index contributed by atoms with van der Waals surface area (Å²) < 4.78 is 13.0. The second kappa shape index (κ2) is 5.05. The first kappa shape index (κ1) is 11.1. The van der Waals surface area contributed by atoms with Gasteiger partial charge in [0.2, 0.25) is 0 Å². The zero-order chi connectivity index (χ0) is 10.6. The highest BCUT2D eigenvalue weighted by Gasteiger charge is 2.05. The van der Waals surface area contributed by atoms with Gasteiger partial charge >= 0.3 is 0 Å². The summed E-state index contributed by atoms with van der Waals surface area (Å²) in [5, 5.41) is 3.12. The highest BCUT2D eigenvalue weighted by Crippen LogP contribution is 2.25. The first-order valence-corrected chi connectivity index (χ1v) is 5.01. The molecule has 3 N–H and O–H groups in total. The number of anilines is 2. The molecule has 4 heteroatoms. The minimum absolute atomic E-state index is 0.0588. The standard InChI is InChI=1S/C10H14ClFN2/c1-2-3-4-14-10-6-8(12)7(11)5-9(10)13/h5-6,14H,2-4,13H2,1H3. The molecule has 0 fully saturated rings. The van der Waals surface area contributed by atoms with Crippen molar-refractivity contribution in [1.29, 1.82) is 0 Å². The first-order valence-electron chi connectivity index (χ1n) is 4.63. The van der Waals surface area contributed by atoms with Crippen molar-refractivity contribution >= 4 is 23.0 Å². The maximum absolute atomic E-state index is 13.0. The van der Waals surface area contributed by atoms with Crippen LogP contribution in [0.25, 0.3) is 0 Å². The summed E-state index contributed by atoms with van der Waals surface area (Å²) in [6, 6.07) is 2.75. The smallest absolute Gasteiger partial charge is 0.143 e. The summed E-state index contributed by atoms with van der Waals surface area (Å²) in [7, 11) is 0. The zero-order valence-electron chi connectivity index (χ0n) is 8.11. The molecule has 0 amide bonds. The van der Waals surface area contributed by atoms with Crippen LogP contribution in [0, 0.1) is 5.82 Å². The summed E-state index contributed by atoms with van der Waals surface area (Å²) in [5.41, 5.74) is 6.75. The van der Waals surface area contributed by atoms with E-state index in [0.717, 1.165) is 19.4 Å². The largest absolute Gasteiger partial charge is 0.397 e. The molecule has 0 unspecified atom stereocenters. The lowest BCUT2D eigenvalue weighted by Crippen LogP contribution is -2.04. The van der Waals surface area contributed by atoms with Crippen molar-refractivity contribution in [3.05, 3.63) is 23.0 Å². The average Bonchev–Trinajstić information content (AvgIpc) is 2.14. The number of nitrogen functional groups attached to an aromatic ring is 1. The number of nitrogens with one attached hydrogen (secondary N) is 1. The van der Waals surface area contributed by atoms with E-state index in [0.29, 0.717) is 11.4 Å². The second-order valence-electron chi connectivity index (χ2n) is 3.13. The van der Waals surface area contributed by atoms with Gasteiger partial charge in [-0.3, -0.25) is 0 Å². The van der Waals surface area contributed by atoms with Gasteiger partial charge in [0.25, 0.3) is 0 Å². The van der Waals surface area contributed by atoms with E-state index in [9.17, 15) is 4.39 Å². The van der Waals surface area contributed by atoms with Gasteiger partial charge in [0.1, 0.15) is 5.82 Å².